The van der Waals surface area contributed by atoms with E-state index in [-0.39, 0.29) is 18.3 Å². The molecule has 2 aromatic carbocycles. The smallest absolute Gasteiger partial charge is 0.251 e. The van der Waals surface area contributed by atoms with Gasteiger partial charge in [0.2, 0.25) is 5.62 Å². The Balaban J connectivity index is 1.67. The van der Waals surface area contributed by atoms with Crippen molar-refractivity contribution in [3.05, 3.63) is 94.7 Å². The fourth-order valence-electron chi connectivity index (χ4n) is 3.93. The van der Waals surface area contributed by atoms with Crippen LogP contribution in [-0.2, 0) is 20.1 Å². The summed E-state index contributed by atoms with van der Waals surface area (Å²) in [5.41, 5.74) is 4.14. The number of nitrogens with zero attached hydrogens (tertiary/aromatic N) is 3. The predicted octanol–water partition coefficient (Wildman–Crippen LogP) is 3.81. The Hall–Kier alpha value is -4.40. The van der Waals surface area contributed by atoms with Gasteiger partial charge < -0.3 is 23.9 Å². The van der Waals surface area contributed by atoms with E-state index in [0.29, 0.717) is 46.2 Å². The van der Waals surface area contributed by atoms with Crippen molar-refractivity contribution in [3.8, 4) is 22.8 Å². The minimum atomic E-state index is -0.335. The Labute approximate surface area is 208 Å². The summed E-state index contributed by atoms with van der Waals surface area (Å²) >= 11 is 0. The first kappa shape index (κ1) is 24.7. The third-order valence-corrected chi connectivity index (χ3v) is 5.88. The van der Waals surface area contributed by atoms with E-state index in [1.165, 1.54) is 12.1 Å². The third kappa shape index (κ3) is 5.46. The van der Waals surface area contributed by atoms with E-state index in [9.17, 15) is 9.18 Å². The van der Waals surface area contributed by atoms with Crippen molar-refractivity contribution < 1.29 is 18.7 Å². The number of amides is 1. The quantitative estimate of drug-likeness (QED) is 0.394. The van der Waals surface area contributed by atoms with Crippen molar-refractivity contribution in [1.82, 2.24) is 19.4 Å². The van der Waals surface area contributed by atoms with Crippen LogP contribution in [0.15, 0.2) is 60.9 Å². The number of hydrogen-bond acceptors (Lipinski definition) is 5. The first-order valence-electron chi connectivity index (χ1n) is 11.3. The van der Waals surface area contributed by atoms with Gasteiger partial charge >= 0.3 is 0 Å². The second kappa shape index (κ2) is 10.5. The van der Waals surface area contributed by atoms with Crippen LogP contribution in [0, 0.1) is 18.2 Å². The standard InChI is InChI=1S/C27H28FN5O3/c1-17-9-20(28)5-6-24(17)25-13-19(12-21(31-25)16-33-8-7-32(2)27(33)29)26(34)30-15-18-10-22(35-3)14-23(11-18)36-4/h5-14,29H,15-16H2,1-4H3,(H,30,34). The molecular weight excluding hydrogens is 461 g/mol. The van der Waals surface area contributed by atoms with Crippen LogP contribution in [-0.4, -0.2) is 34.2 Å². The maximum atomic E-state index is 13.7. The lowest BCUT2D eigenvalue weighted by atomic mass is 10.0. The van der Waals surface area contributed by atoms with E-state index in [1.54, 1.807) is 74.0 Å². The zero-order valence-corrected chi connectivity index (χ0v) is 20.6. The van der Waals surface area contributed by atoms with Gasteiger partial charge in [-0.05, 0) is 60.5 Å². The van der Waals surface area contributed by atoms with E-state index >= 15 is 0 Å². The second-order valence-electron chi connectivity index (χ2n) is 8.46. The minimum absolute atomic E-state index is 0.263. The van der Waals surface area contributed by atoms with Crippen LogP contribution in [0.5, 0.6) is 11.5 Å². The van der Waals surface area contributed by atoms with Gasteiger partial charge in [-0.15, -0.1) is 0 Å². The molecule has 0 saturated heterocycles. The Bertz CT molecular complexity index is 1450. The fraction of sp³-hybridized carbons (Fsp3) is 0.222. The number of rotatable bonds is 8. The summed E-state index contributed by atoms with van der Waals surface area (Å²) in [6.07, 6.45) is 3.57. The summed E-state index contributed by atoms with van der Waals surface area (Å²) in [7, 11) is 4.93. The van der Waals surface area contributed by atoms with Crippen LogP contribution in [0.4, 0.5) is 4.39 Å². The molecule has 1 amide bonds. The molecule has 4 rings (SSSR count). The number of carbonyl (C=O) groups is 1. The Morgan fingerprint density at radius 3 is 2.39 bits per heavy atom. The van der Waals surface area contributed by atoms with Gasteiger partial charge in [0.1, 0.15) is 17.3 Å². The number of methoxy groups -OCH3 is 2. The van der Waals surface area contributed by atoms with Crippen LogP contribution in [0.1, 0.15) is 27.2 Å². The van der Waals surface area contributed by atoms with Gasteiger partial charge in [-0.1, -0.05) is 0 Å². The number of ether oxygens (including phenoxy) is 2. The zero-order valence-electron chi connectivity index (χ0n) is 20.6. The molecule has 9 heteroatoms. The van der Waals surface area contributed by atoms with Crippen LogP contribution < -0.4 is 20.4 Å². The normalized spacial score (nSPS) is 10.8. The maximum Gasteiger partial charge on any atom is 0.251 e. The molecule has 0 saturated carbocycles. The van der Waals surface area contributed by atoms with Crippen molar-refractivity contribution in [2.75, 3.05) is 14.2 Å². The first-order chi connectivity index (χ1) is 17.3. The largest absolute Gasteiger partial charge is 0.497 e. The summed E-state index contributed by atoms with van der Waals surface area (Å²) in [6, 6.07) is 13.3. The molecule has 0 spiro atoms. The SMILES string of the molecule is COc1cc(CNC(=O)c2cc(Cn3ccn(C)c3=N)nc(-c3ccc(F)cc3C)c2)cc(OC)c1. The molecule has 0 fully saturated rings. The van der Waals surface area contributed by atoms with E-state index in [1.807, 2.05) is 12.1 Å². The molecule has 0 aliphatic carbocycles. The molecule has 0 aliphatic heterocycles. The molecule has 2 N–H and O–H groups in total. The van der Waals surface area contributed by atoms with Crippen molar-refractivity contribution in [3.63, 3.8) is 0 Å². The molecule has 2 aromatic heterocycles. The molecule has 8 nitrogen and oxygen atoms in total. The molecule has 0 radical (unpaired) electrons. The van der Waals surface area contributed by atoms with E-state index in [4.69, 9.17) is 19.9 Å². The average Bonchev–Trinajstić information content (AvgIpc) is 3.18. The first-order valence-corrected chi connectivity index (χ1v) is 11.3. The highest BCUT2D eigenvalue weighted by molar-refractivity contribution is 5.95. The molecule has 186 valence electrons. The minimum Gasteiger partial charge on any atom is -0.497 e. The predicted molar refractivity (Wildman–Crippen MR) is 133 cm³/mol. The zero-order chi connectivity index (χ0) is 25.8. The molecular formula is C27H28FN5O3. The average molecular weight is 490 g/mol. The van der Waals surface area contributed by atoms with Gasteiger partial charge in [0.05, 0.1) is 32.2 Å². The van der Waals surface area contributed by atoms with Crippen LogP contribution in [0.2, 0.25) is 0 Å². The molecule has 4 aromatic rings. The van der Waals surface area contributed by atoms with Crippen molar-refractivity contribution in [2.45, 2.75) is 20.0 Å². The van der Waals surface area contributed by atoms with Gasteiger partial charge in [-0.2, -0.15) is 0 Å². The molecule has 0 unspecified atom stereocenters. The number of carbonyl (C=O) groups excluding carboxylic acids is 1. The van der Waals surface area contributed by atoms with E-state index < -0.39 is 0 Å². The van der Waals surface area contributed by atoms with Gasteiger partial charge in [0.25, 0.3) is 5.91 Å². The summed E-state index contributed by atoms with van der Waals surface area (Å²) in [4.78, 5) is 18.0. The Kier molecular flexibility index (Phi) is 7.19. The van der Waals surface area contributed by atoms with Gasteiger partial charge in [-0.3, -0.25) is 15.2 Å². The number of hydrogen-bond donors (Lipinski definition) is 2. The lowest BCUT2D eigenvalue weighted by Gasteiger charge is -2.13. The highest BCUT2D eigenvalue weighted by Crippen LogP contribution is 2.25. The summed E-state index contributed by atoms with van der Waals surface area (Å²) in [6.45, 7) is 2.37. The molecule has 36 heavy (non-hydrogen) atoms. The lowest BCUT2D eigenvalue weighted by Crippen LogP contribution is -2.25. The monoisotopic (exact) mass is 489 g/mol. The number of imidazole rings is 1. The molecule has 0 aliphatic rings. The number of pyridine rings is 1. The number of halogens is 1. The van der Waals surface area contributed by atoms with Crippen LogP contribution in [0.25, 0.3) is 11.3 Å². The van der Waals surface area contributed by atoms with Crippen LogP contribution >= 0.6 is 0 Å². The number of aromatic nitrogens is 3. The van der Waals surface area contributed by atoms with Crippen molar-refractivity contribution in [2.24, 2.45) is 7.05 Å². The van der Waals surface area contributed by atoms with E-state index in [0.717, 1.165) is 11.1 Å². The Morgan fingerprint density at radius 1 is 1.06 bits per heavy atom. The fourth-order valence-corrected chi connectivity index (χ4v) is 3.93. The number of benzene rings is 2. The number of nitrogens with one attached hydrogen (secondary N) is 2. The summed E-state index contributed by atoms with van der Waals surface area (Å²) in [5.74, 6) is 0.637. The topological polar surface area (TPSA) is 94.2 Å². The molecule has 2 heterocycles. The third-order valence-electron chi connectivity index (χ3n) is 5.88. The summed E-state index contributed by atoms with van der Waals surface area (Å²) in [5, 5.41) is 11.2. The highest BCUT2D eigenvalue weighted by Gasteiger charge is 2.14. The van der Waals surface area contributed by atoms with Crippen LogP contribution in [0.3, 0.4) is 0 Å². The number of aryl methyl sites for hydroxylation is 2. The maximum absolute atomic E-state index is 13.7. The summed E-state index contributed by atoms with van der Waals surface area (Å²) < 4.78 is 27.8. The lowest BCUT2D eigenvalue weighted by molar-refractivity contribution is 0.0950. The highest BCUT2D eigenvalue weighted by atomic mass is 19.1. The van der Waals surface area contributed by atoms with E-state index in [2.05, 4.69) is 5.32 Å². The molecule has 0 atom stereocenters. The van der Waals surface area contributed by atoms with Gasteiger partial charge in [0.15, 0.2) is 0 Å². The van der Waals surface area contributed by atoms with Gasteiger partial charge in [0, 0.05) is 43.2 Å². The van der Waals surface area contributed by atoms with Gasteiger partial charge in [-0.25, -0.2) is 4.39 Å². The Morgan fingerprint density at radius 2 is 1.78 bits per heavy atom. The second-order valence-corrected chi connectivity index (χ2v) is 8.46. The van der Waals surface area contributed by atoms with Crippen molar-refractivity contribution >= 4 is 5.91 Å². The molecule has 0 bridgehead atoms. The van der Waals surface area contributed by atoms with Crippen molar-refractivity contribution in [1.29, 1.82) is 5.41 Å².